The number of carbonyl (C=O) groups is 1. The molecule has 1 aromatic carbocycles. The molecule has 0 fully saturated rings. The topological polar surface area (TPSA) is 68.5 Å². The minimum atomic E-state index is -4.47. The zero-order valence-electron chi connectivity index (χ0n) is 13.7. The van der Waals surface area contributed by atoms with Gasteiger partial charge in [-0.1, -0.05) is 12.1 Å². The number of methoxy groups -OCH3 is 1. The van der Waals surface area contributed by atoms with Gasteiger partial charge in [-0.3, -0.25) is 9.20 Å². The van der Waals surface area contributed by atoms with Crippen LogP contribution in [0.1, 0.15) is 27.3 Å². The monoisotopic (exact) mass is 364 g/mol. The summed E-state index contributed by atoms with van der Waals surface area (Å²) in [5, 5.41) is 10.3. The number of hydrogen-bond acceptors (Lipinski definition) is 4. The van der Waals surface area contributed by atoms with Gasteiger partial charge in [-0.05, 0) is 29.8 Å². The second-order valence-corrected chi connectivity index (χ2v) is 5.58. The fourth-order valence-electron chi connectivity index (χ4n) is 2.46. The van der Waals surface area contributed by atoms with Crippen molar-refractivity contribution in [2.24, 2.45) is 0 Å². The van der Waals surface area contributed by atoms with E-state index in [0.29, 0.717) is 12.2 Å². The number of ether oxygens (including phenoxy) is 1. The summed E-state index contributed by atoms with van der Waals surface area (Å²) in [5.74, 6) is -0.167. The van der Waals surface area contributed by atoms with Gasteiger partial charge in [0.25, 0.3) is 5.91 Å². The molecule has 26 heavy (non-hydrogen) atoms. The van der Waals surface area contributed by atoms with Crippen molar-refractivity contribution >= 4 is 11.6 Å². The SMILES string of the molecule is COCc1cccc(C(=O)NCc2nnc3ccc(C(F)(F)F)cn23)c1. The molecule has 0 aliphatic rings. The molecule has 2 aromatic heterocycles. The van der Waals surface area contributed by atoms with Gasteiger partial charge in [-0.25, -0.2) is 0 Å². The number of aromatic nitrogens is 3. The van der Waals surface area contributed by atoms with E-state index in [-0.39, 0.29) is 23.9 Å². The molecule has 9 heteroatoms. The summed E-state index contributed by atoms with van der Waals surface area (Å²) in [4.78, 5) is 12.3. The lowest BCUT2D eigenvalue weighted by molar-refractivity contribution is -0.137. The first-order valence-electron chi connectivity index (χ1n) is 7.65. The summed E-state index contributed by atoms with van der Waals surface area (Å²) in [6.45, 7) is 0.311. The van der Waals surface area contributed by atoms with Crippen molar-refractivity contribution in [1.82, 2.24) is 19.9 Å². The quantitative estimate of drug-likeness (QED) is 0.756. The number of benzene rings is 1. The molecule has 0 saturated heterocycles. The average molecular weight is 364 g/mol. The van der Waals surface area contributed by atoms with Gasteiger partial charge in [-0.2, -0.15) is 13.2 Å². The van der Waals surface area contributed by atoms with Gasteiger partial charge in [0.15, 0.2) is 11.5 Å². The van der Waals surface area contributed by atoms with E-state index < -0.39 is 11.7 Å². The van der Waals surface area contributed by atoms with Crippen molar-refractivity contribution in [1.29, 1.82) is 0 Å². The average Bonchev–Trinajstić information content (AvgIpc) is 3.02. The van der Waals surface area contributed by atoms with Crippen LogP contribution in [-0.4, -0.2) is 27.6 Å². The summed E-state index contributed by atoms with van der Waals surface area (Å²) in [5.41, 5.74) is 0.709. The highest BCUT2D eigenvalue weighted by molar-refractivity contribution is 5.94. The maximum Gasteiger partial charge on any atom is 0.417 e. The third-order valence-electron chi connectivity index (χ3n) is 3.71. The van der Waals surface area contributed by atoms with E-state index in [4.69, 9.17) is 4.74 Å². The molecular formula is C17H15F3N4O2. The highest BCUT2D eigenvalue weighted by Gasteiger charge is 2.31. The summed E-state index contributed by atoms with van der Waals surface area (Å²) in [7, 11) is 1.55. The lowest BCUT2D eigenvalue weighted by atomic mass is 10.1. The maximum absolute atomic E-state index is 12.9. The van der Waals surface area contributed by atoms with Crippen LogP contribution in [0, 0.1) is 0 Å². The Morgan fingerprint density at radius 3 is 2.77 bits per heavy atom. The molecule has 1 amide bonds. The normalized spacial score (nSPS) is 11.7. The highest BCUT2D eigenvalue weighted by atomic mass is 19.4. The molecule has 6 nitrogen and oxygen atoms in total. The summed E-state index contributed by atoms with van der Waals surface area (Å²) < 4.78 is 44.8. The largest absolute Gasteiger partial charge is 0.417 e. The third-order valence-corrected chi connectivity index (χ3v) is 3.71. The Morgan fingerprint density at radius 1 is 1.23 bits per heavy atom. The Kier molecular flexibility index (Phi) is 4.90. The molecule has 0 atom stereocenters. The van der Waals surface area contributed by atoms with Crippen molar-refractivity contribution < 1.29 is 22.7 Å². The van der Waals surface area contributed by atoms with Crippen LogP contribution in [0.4, 0.5) is 13.2 Å². The van der Waals surface area contributed by atoms with Gasteiger partial charge in [0.05, 0.1) is 18.7 Å². The minimum Gasteiger partial charge on any atom is -0.380 e. The van der Waals surface area contributed by atoms with Gasteiger partial charge in [0.1, 0.15) is 0 Å². The molecule has 0 spiro atoms. The predicted octanol–water partition coefficient (Wildman–Crippen LogP) is 2.82. The van der Waals surface area contributed by atoms with E-state index >= 15 is 0 Å². The van der Waals surface area contributed by atoms with E-state index in [0.717, 1.165) is 17.8 Å². The Bertz CT molecular complexity index is 937. The van der Waals surface area contributed by atoms with Gasteiger partial charge in [0.2, 0.25) is 0 Å². The smallest absolute Gasteiger partial charge is 0.380 e. The fraction of sp³-hybridized carbons (Fsp3) is 0.235. The van der Waals surface area contributed by atoms with E-state index in [1.54, 1.807) is 25.3 Å². The summed E-state index contributed by atoms with van der Waals surface area (Å²) >= 11 is 0. The van der Waals surface area contributed by atoms with E-state index in [9.17, 15) is 18.0 Å². The lowest BCUT2D eigenvalue weighted by Crippen LogP contribution is -2.24. The highest BCUT2D eigenvalue weighted by Crippen LogP contribution is 2.29. The Hall–Kier alpha value is -2.94. The molecule has 0 unspecified atom stereocenters. The van der Waals surface area contributed by atoms with Gasteiger partial charge in [0, 0.05) is 18.9 Å². The number of halogens is 3. The van der Waals surface area contributed by atoms with Gasteiger partial charge >= 0.3 is 6.18 Å². The molecule has 2 heterocycles. The molecule has 3 rings (SSSR count). The van der Waals surface area contributed by atoms with Crippen LogP contribution in [0.2, 0.25) is 0 Å². The Balaban J connectivity index is 1.77. The van der Waals surface area contributed by atoms with Crippen LogP contribution < -0.4 is 5.32 Å². The number of pyridine rings is 1. The number of fused-ring (bicyclic) bond motifs is 1. The molecule has 3 aromatic rings. The zero-order valence-corrected chi connectivity index (χ0v) is 13.7. The number of amides is 1. The van der Waals surface area contributed by atoms with Crippen molar-refractivity contribution in [3.63, 3.8) is 0 Å². The first-order chi connectivity index (χ1) is 12.4. The fourth-order valence-corrected chi connectivity index (χ4v) is 2.46. The maximum atomic E-state index is 12.9. The van der Waals surface area contributed by atoms with Crippen molar-refractivity contribution in [2.75, 3.05) is 7.11 Å². The number of rotatable bonds is 5. The number of hydrogen-bond donors (Lipinski definition) is 1. The predicted molar refractivity (Wildman–Crippen MR) is 86.3 cm³/mol. The summed E-state index contributed by atoms with van der Waals surface area (Å²) in [6.07, 6.45) is -3.56. The van der Waals surface area contributed by atoms with Gasteiger partial charge in [-0.15, -0.1) is 10.2 Å². The molecule has 0 saturated carbocycles. The molecule has 136 valence electrons. The van der Waals surface area contributed by atoms with Crippen molar-refractivity contribution in [3.05, 3.63) is 65.1 Å². The molecule has 0 bridgehead atoms. The van der Waals surface area contributed by atoms with Crippen LogP contribution in [0.3, 0.4) is 0 Å². The van der Waals surface area contributed by atoms with Crippen molar-refractivity contribution in [2.45, 2.75) is 19.3 Å². The second-order valence-electron chi connectivity index (χ2n) is 5.58. The number of alkyl halides is 3. The Labute approximate surface area is 146 Å². The molecule has 0 aliphatic carbocycles. The summed E-state index contributed by atoms with van der Waals surface area (Å²) in [6, 6.07) is 9.04. The number of nitrogens with one attached hydrogen (secondary N) is 1. The van der Waals surface area contributed by atoms with Crippen LogP contribution in [-0.2, 0) is 24.1 Å². The Morgan fingerprint density at radius 2 is 2.04 bits per heavy atom. The molecule has 0 radical (unpaired) electrons. The van der Waals surface area contributed by atoms with E-state index in [1.807, 2.05) is 6.07 Å². The van der Waals surface area contributed by atoms with Crippen LogP contribution in [0.25, 0.3) is 5.65 Å². The number of carbonyl (C=O) groups excluding carboxylic acids is 1. The lowest BCUT2D eigenvalue weighted by Gasteiger charge is -2.08. The molecule has 1 N–H and O–H groups in total. The van der Waals surface area contributed by atoms with Crippen LogP contribution >= 0.6 is 0 Å². The van der Waals surface area contributed by atoms with E-state index in [2.05, 4.69) is 15.5 Å². The van der Waals surface area contributed by atoms with Crippen molar-refractivity contribution in [3.8, 4) is 0 Å². The standard InChI is InChI=1S/C17H15F3N4O2/c1-26-10-11-3-2-4-12(7-11)16(25)21-8-15-23-22-14-6-5-13(9-24(14)15)17(18,19)20/h2-7,9H,8,10H2,1H3,(H,21,25). The molecular weight excluding hydrogens is 349 g/mol. The zero-order chi connectivity index (χ0) is 18.7. The third kappa shape index (κ3) is 3.83. The molecule has 0 aliphatic heterocycles. The van der Waals surface area contributed by atoms with E-state index in [1.165, 1.54) is 10.5 Å². The van der Waals surface area contributed by atoms with Crippen LogP contribution in [0.15, 0.2) is 42.6 Å². The number of nitrogens with zero attached hydrogens (tertiary/aromatic N) is 3. The first-order valence-corrected chi connectivity index (χ1v) is 7.65. The van der Waals surface area contributed by atoms with Crippen LogP contribution in [0.5, 0.6) is 0 Å². The first kappa shape index (κ1) is 17.9. The van der Waals surface area contributed by atoms with Gasteiger partial charge < -0.3 is 10.1 Å². The second kappa shape index (κ2) is 7.12. The minimum absolute atomic E-state index is 0.0597.